The van der Waals surface area contributed by atoms with Gasteiger partial charge in [0.15, 0.2) is 5.82 Å². The minimum Gasteiger partial charge on any atom is -0.477 e. The summed E-state index contributed by atoms with van der Waals surface area (Å²) in [6, 6.07) is 0.933. The quantitative estimate of drug-likeness (QED) is 0.688. The van der Waals surface area contributed by atoms with Crippen molar-refractivity contribution in [3.05, 3.63) is 56.3 Å². The number of carboxylic acid groups (broad SMARTS) is 1. The fraction of sp³-hybridized carbons (Fsp3) is 0.278. The summed E-state index contributed by atoms with van der Waals surface area (Å²) < 4.78 is 31.6. The minimum absolute atomic E-state index is 0.0596. The minimum atomic E-state index is -1.45. The highest BCUT2D eigenvalue weighted by Gasteiger charge is 2.26. The van der Waals surface area contributed by atoms with Crippen LogP contribution < -0.4 is 15.6 Å². The number of aromatic carboxylic acids is 1. The first-order chi connectivity index (χ1) is 13.5. The average molecular weight is 406 g/mol. The highest BCUT2D eigenvalue weighted by Crippen LogP contribution is 2.30. The van der Waals surface area contributed by atoms with Crippen LogP contribution in [0.25, 0.3) is 10.9 Å². The van der Waals surface area contributed by atoms with E-state index >= 15 is 4.39 Å². The van der Waals surface area contributed by atoms with Gasteiger partial charge in [0, 0.05) is 37.8 Å². The van der Waals surface area contributed by atoms with Crippen molar-refractivity contribution in [2.24, 2.45) is 0 Å². The number of fused-ring (bicyclic) bond motifs is 1. The van der Waals surface area contributed by atoms with Crippen molar-refractivity contribution in [2.45, 2.75) is 6.54 Å². The molecule has 1 aromatic carbocycles. The standard InChI is InChI=1S/C18H16F2N4O3S/c19-13-5-11-15(14(20)16(13)23-3-1-21-2-4-23)24(6-10-8-28-9-22-10)7-12(17(11)25)18(26)27/h5,7-9,21H,1-4,6H2,(H,26,27). The van der Waals surface area contributed by atoms with Gasteiger partial charge >= 0.3 is 5.97 Å². The number of carboxylic acids is 1. The second-order valence-electron chi connectivity index (χ2n) is 6.44. The molecule has 2 N–H and O–H groups in total. The van der Waals surface area contributed by atoms with Gasteiger partial charge in [0.2, 0.25) is 5.43 Å². The lowest BCUT2D eigenvalue weighted by Crippen LogP contribution is -2.44. The van der Waals surface area contributed by atoms with E-state index < -0.39 is 28.6 Å². The van der Waals surface area contributed by atoms with Gasteiger partial charge in [0.05, 0.1) is 28.7 Å². The molecule has 1 saturated heterocycles. The number of carbonyl (C=O) groups is 1. The predicted octanol–water partition coefficient (Wildman–Crippen LogP) is 1.89. The molecule has 1 fully saturated rings. The summed E-state index contributed by atoms with van der Waals surface area (Å²) in [5.74, 6) is -3.21. The molecule has 0 spiro atoms. The lowest BCUT2D eigenvalue weighted by Gasteiger charge is -2.30. The number of hydrogen-bond donors (Lipinski definition) is 2. The van der Waals surface area contributed by atoms with Crippen molar-refractivity contribution in [2.75, 3.05) is 31.1 Å². The molecule has 0 unspecified atom stereocenters. The Morgan fingerprint density at radius 2 is 2.07 bits per heavy atom. The fourth-order valence-electron chi connectivity index (χ4n) is 3.42. The molecule has 7 nitrogen and oxygen atoms in total. The van der Waals surface area contributed by atoms with Gasteiger partial charge in [0.25, 0.3) is 0 Å². The zero-order chi connectivity index (χ0) is 19.8. The zero-order valence-corrected chi connectivity index (χ0v) is 15.4. The third kappa shape index (κ3) is 3.14. The molecule has 28 heavy (non-hydrogen) atoms. The lowest BCUT2D eigenvalue weighted by atomic mass is 10.1. The number of rotatable bonds is 4. The summed E-state index contributed by atoms with van der Waals surface area (Å²) in [4.78, 5) is 29.7. The van der Waals surface area contributed by atoms with Crippen molar-refractivity contribution < 1.29 is 18.7 Å². The van der Waals surface area contributed by atoms with E-state index in [9.17, 15) is 19.1 Å². The van der Waals surface area contributed by atoms with Crippen LogP contribution in [0.15, 0.2) is 27.9 Å². The van der Waals surface area contributed by atoms with Crippen molar-refractivity contribution >= 4 is 33.9 Å². The number of nitrogens with one attached hydrogen (secondary N) is 1. The molecule has 1 aliphatic rings. The largest absolute Gasteiger partial charge is 0.477 e. The summed E-state index contributed by atoms with van der Waals surface area (Å²) in [6.45, 7) is 2.07. The molecular formula is C18H16F2N4O3S. The molecule has 3 heterocycles. The Morgan fingerprint density at radius 3 is 2.71 bits per heavy atom. The molecule has 0 aliphatic carbocycles. The first kappa shape index (κ1) is 18.5. The number of pyridine rings is 1. The van der Waals surface area contributed by atoms with Gasteiger partial charge in [0.1, 0.15) is 17.1 Å². The van der Waals surface area contributed by atoms with Gasteiger partial charge in [-0.3, -0.25) is 4.79 Å². The highest BCUT2D eigenvalue weighted by atomic mass is 32.1. The Labute approximate surface area is 161 Å². The van der Waals surface area contributed by atoms with Crippen LogP contribution in [0.4, 0.5) is 14.5 Å². The van der Waals surface area contributed by atoms with Gasteiger partial charge in [-0.05, 0) is 6.07 Å². The van der Waals surface area contributed by atoms with Gasteiger partial charge in [-0.15, -0.1) is 11.3 Å². The molecule has 0 saturated carbocycles. The van der Waals surface area contributed by atoms with Crippen LogP contribution >= 0.6 is 11.3 Å². The molecule has 4 rings (SSSR count). The van der Waals surface area contributed by atoms with Crippen molar-refractivity contribution in [1.82, 2.24) is 14.9 Å². The predicted molar refractivity (Wildman–Crippen MR) is 101 cm³/mol. The average Bonchev–Trinajstić information content (AvgIpc) is 3.17. The molecular weight excluding hydrogens is 390 g/mol. The van der Waals surface area contributed by atoms with E-state index in [1.165, 1.54) is 15.9 Å². The van der Waals surface area contributed by atoms with E-state index in [0.29, 0.717) is 31.9 Å². The van der Waals surface area contributed by atoms with E-state index in [4.69, 9.17) is 0 Å². The van der Waals surface area contributed by atoms with Crippen LogP contribution in [-0.4, -0.2) is 46.8 Å². The number of hydrogen-bond acceptors (Lipinski definition) is 6. The molecule has 2 aromatic heterocycles. The second kappa shape index (κ2) is 7.28. The highest BCUT2D eigenvalue weighted by molar-refractivity contribution is 7.07. The molecule has 0 atom stereocenters. The molecule has 146 valence electrons. The molecule has 3 aromatic rings. The topological polar surface area (TPSA) is 87.5 Å². The van der Waals surface area contributed by atoms with Crippen molar-refractivity contribution in [3.8, 4) is 0 Å². The summed E-state index contributed by atoms with van der Waals surface area (Å²) in [7, 11) is 0. The molecule has 1 aliphatic heterocycles. The Kier molecular flexibility index (Phi) is 4.82. The Hall–Kier alpha value is -2.85. The van der Waals surface area contributed by atoms with Crippen molar-refractivity contribution in [1.29, 1.82) is 0 Å². The fourth-order valence-corrected chi connectivity index (χ4v) is 3.97. The van der Waals surface area contributed by atoms with Crippen LogP contribution in [0.2, 0.25) is 0 Å². The Morgan fingerprint density at radius 1 is 1.32 bits per heavy atom. The maximum Gasteiger partial charge on any atom is 0.341 e. The maximum absolute atomic E-state index is 15.5. The molecule has 0 amide bonds. The summed E-state index contributed by atoms with van der Waals surface area (Å²) >= 11 is 1.34. The van der Waals surface area contributed by atoms with Crippen LogP contribution in [0.5, 0.6) is 0 Å². The van der Waals surface area contributed by atoms with Crippen molar-refractivity contribution in [3.63, 3.8) is 0 Å². The monoisotopic (exact) mass is 406 g/mol. The number of anilines is 1. The number of piperazine rings is 1. The third-order valence-corrected chi connectivity index (χ3v) is 5.34. The first-order valence-electron chi connectivity index (χ1n) is 8.58. The van der Waals surface area contributed by atoms with Gasteiger partial charge in [-0.2, -0.15) is 0 Å². The van der Waals surface area contributed by atoms with Gasteiger partial charge < -0.3 is 19.9 Å². The second-order valence-corrected chi connectivity index (χ2v) is 7.16. The Bertz CT molecular complexity index is 1110. The van der Waals surface area contributed by atoms with E-state index in [-0.39, 0.29) is 23.1 Å². The lowest BCUT2D eigenvalue weighted by molar-refractivity contribution is 0.0695. The maximum atomic E-state index is 15.5. The first-order valence-corrected chi connectivity index (χ1v) is 9.53. The smallest absolute Gasteiger partial charge is 0.341 e. The third-order valence-electron chi connectivity index (χ3n) is 4.71. The summed E-state index contributed by atoms with van der Waals surface area (Å²) in [5, 5.41) is 13.9. The number of benzene rings is 1. The van der Waals surface area contributed by atoms with Crippen LogP contribution in [0, 0.1) is 11.6 Å². The van der Waals surface area contributed by atoms with Crippen LogP contribution in [-0.2, 0) is 6.54 Å². The molecule has 0 radical (unpaired) electrons. The number of thiazole rings is 1. The molecule has 0 bridgehead atoms. The van der Waals surface area contributed by atoms with E-state index in [1.54, 1.807) is 15.8 Å². The summed E-state index contributed by atoms with van der Waals surface area (Å²) in [5.41, 5.74) is 0.388. The SMILES string of the molecule is O=C(O)c1cn(Cc2cscn2)c2c(F)c(N3CCNCC3)c(F)cc2c1=O. The summed E-state index contributed by atoms with van der Waals surface area (Å²) in [6.07, 6.45) is 1.09. The molecule has 10 heteroatoms. The van der Waals surface area contributed by atoms with Crippen LogP contribution in [0.1, 0.15) is 16.1 Å². The zero-order valence-electron chi connectivity index (χ0n) is 14.6. The van der Waals surface area contributed by atoms with Gasteiger partial charge in [-0.25, -0.2) is 18.6 Å². The van der Waals surface area contributed by atoms with E-state index in [2.05, 4.69) is 10.3 Å². The Balaban J connectivity index is 2.00. The van der Waals surface area contributed by atoms with Crippen LogP contribution in [0.3, 0.4) is 0 Å². The normalized spacial score (nSPS) is 14.6. The van der Waals surface area contributed by atoms with E-state index in [0.717, 1.165) is 12.3 Å². The number of nitrogens with zero attached hydrogens (tertiary/aromatic N) is 3. The number of aromatic nitrogens is 2. The van der Waals surface area contributed by atoms with Gasteiger partial charge in [-0.1, -0.05) is 0 Å². The number of halogens is 2. The van der Waals surface area contributed by atoms with E-state index in [1.807, 2.05) is 0 Å².